The number of rotatable bonds is 8. The topological polar surface area (TPSA) is 123 Å². The lowest BCUT2D eigenvalue weighted by Gasteiger charge is -2.03. The fourth-order valence-corrected chi connectivity index (χ4v) is 2.20. The molecule has 108 valence electrons. The zero-order valence-electron chi connectivity index (χ0n) is 10.7. The summed E-state index contributed by atoms with van der Waals surface area (Å²) in [5.74, 6) is -0.692. The van der Waals surface area contributed by atoms with Gasteiger partial charge in [0, 0.05) is 6.42 Å². The summed E-state index contributed by atoms with van der Waals surface area (Å²) in [6.07, 6.45) is 0.201. The van der Waals surface area contributed by atoms with Crippen molar-refractivity contribution in [2.75, 3.05) is 24.2 Å². The predicted molar refractivity (Wildman–Crippen MR) is 66.2 cm³/mol. The quantitative estimate of drug-likeness (QED) is 0.641. The number of nitrogens with one attached hydrogen (secondary N) is 2. The second kappa shape index (κ2) is 6.92. The molecule has 0 radical (unpaired) electrons. The molecule has 0 atom stereocenters. The van der Waals surface area contributed by atoms with Crippen LogP contribution in [0.15, 0.2) is 0 Å². The standard InChI is InChI=1S/C9H16N4O5S/c1-3-18-9-10-8(11-12-9)13-19(15,16)6-4-5-7(14)17-2/h3-6H2,1-2H3,(H2,10,11,12,13). The molecular weight excluding hydrogens is 276 g/mol. The van der Waals surface area contributed by atoms with Crippen LogP contribution >= 0.6 is 0 Å². The van der Waals surface area contributed by atoms with Crippen molar-refractivity contribution < 1.29 is 22.7 Å². The Labute approximate surface area is 110 Å². The Morgan fingerprint density at radius 2 is 2.21 bits per heavy atom. The molecule has 0 saturated heterocycles. The molecule has 0 aromatic carbocycles. The van der Waals surface area contributed by atoms with E-state index in [0.717, 1.165) is 0 Å². The molecule has 0 amide bonds. The molecular formula is C9H16N4O5S. The van der Waals surface area contributed by atoms with Gasteiger partial charge in [0.25, 0.3) is 0 Å². The lowest BCUT2D eigenvalue weighted by Crippen LogP contribution is -2.18. The maximum Gasteiger partial charge on any atom is 0.337 e. The molecule has 0 bridgehead atoms. The van der Waals surface area contributed by atoms with E-state index < -0.39 is 16.0 Å². The Morgan fingerprint density at radius 1 is 1.47 bits per heavy atom. The third-order valence-corrected chi connectivity index (χ3v) is 3.34. The lowest BCUT2D eigenvalue weighted by atomic mass is 10.3. The number of sulfonamides is 1. The number of aromatic amines is 1. The van der Waals surface area contributed by atoms with Crippen LogP contribution in [0.3, 0.4) is 0 Å². The summed E-state index contributed by atoms with van der Waals surface area (Å²) in [7, 11) is -2.34. The van der Waals surface area contributed by atoms with Crippen molar-refractivity contribution in [1.29, 1.82) is 0 Å². The summed E-state index contributed by atoms with van der Waals surface area (Å²) in [5.41, 5.74) is 0. The third kappa shape index (κ3) is 5.55. The summed E-state index contributed by atoms with van der Waals surface area (Å²) in [5, 5.41) is 6.04. The third-order valence-electron chi connectivity index (χ3n) is 2.01. The number of hydrogen-bond acceptors (Lipinski definition) is 7. The summed E-state index contributed by atoms with van der Waals surface area (Å²) in [6.45, 7) is 2.14. The maximum absolute atomic E-state index is 11.6. The zero-order valence-corrected chi connectivity index (χ0v) is 11.5. The van der Waals surface area contributed by atoms with Crippen molar-refractivity contribution in [2.24, 2.45) is 0 Å². The molecule has 1 rings (SSSR count). The molecule has 19 heavy (non-hydrogen) atoms. The van der Waals surface area contributed by atoms with Gasteiger partial charge in [-0.3, -0.25) is 9.52 Å². The van der Waals surface area contributed by atoms with Gasteiger partial charge in [0.2, 0.25) is 16.0 Å². The van der Waals surface area contributed by atoms with Crippen molar-refractivity contribution in [3.8, 4) is 6.01 Å². The van der Waals surface area contributed by atoms with Gasteiger partial charge in [-0.2, -0.15) is 4.98 Å². The molecule has 0 spiro atoms. The van der Waals surface area contributed by atoms with Crippen LogP contribution in [0.5, 0.6) is 6.01 Å². The van der Waals surface area contributed by atoms with E-state index in [1.165, 1.54) is 7.11 Å². The van der Waals surface area contributed by atoms with Crippen LogP contribution in [-0.4, -0.2) is 49.0 Å². The first kappa shape index (κ1) is 15.2. The molecule has 0 aliphatic heterocycles. The first-order valence-electron chi connectivity index (χ1n) is 5.59. The SMILES string of the molecule is CCOc1n[nH]c(NS(=O)(=O)CCCC(=O)OC)n1. The molecule has 0 aliphatic carbocycles. The molecule has 1 heterocycles. The second-order valence-corrected chi connectivity index (χ2v) is 5.34. The van der Waals surface area contributed by atoms with E-state index in [4.69, 9.17) is 4.74 Å². The zero-order chi connectivity index (χ0) is 14.3. The minimum absolute atomic E-state index is 0.0264. The lowest BCUT2D eigenvalue weighted by molar-refractivity contribution is -0.140. The maximum atomic E-state index is 11.6. The average molecular weight is 292 g/mol. The van der Waals surface area contributed by atoms with Gasteiger partial charge >= 0.3 is 12.0 Å². The number of anilines is 1. The minimum atomic E-state index is -3.59. The van der Waals surface area contributed by atoms with Crippen LogP contribution in [0.1, 0.15) is 19.8 Å². The van der Waals surface area contributed by atoms with Crippen molar-refractivity contribution in [2.45, 2.75) is 19.8 Å². The monoisotopic (exact) mass is 292 g/mol. The predicted octanol–water partition coefficient (Wildman–Crippen LogP) is -0.102. The summed E-state index contributed by atoms with van der Waals surface area (Å²) < 4.78 is 34.9. The van der Waals surface area contributed by atoms with Crippen LogP contribution in [0.2, 0.25) is 0 Å². The van der Waals surface area contributed by atoms with Gasteiger partial charge in [-0.05, 0) is 13.3 Å². The van der Waals surface area contributed by atoms with Crippen LogP contribution < -0.4 is 9.46 Å². The molecule has 10 heteroatoms. The van der Waals surface area contributed by atoms with Gasteiger partial charge in [-0.1, -0.05) is 0 Å². The van der Waals surface area contributed by atoms with E-state index in [1.54, 1.807) is 6.92 Å². The molecule has 9 nitrogen and oxygen atoms in total. The molecule has 1 aromatic heterocycles. The summed E-state index contributed by atoms with van der Waals surface area (Å²) >= 11 is 0. The van der Waals surface area contributed by atoms with Gasteiger partial charge < -0.3 is 9.47 Å². The van der Waals surface area contributed by atoms with E-state index in [0.29, 0.717) is 6.61 Å². The van der Waals surface area contributed by atoms with Crippen molar-refractivity contribution in [1.82, 2.24) is 15.2 Å². The van der Waals surface area contributed by atoms with Crippen molar-refractivity contribution in [3.05, 3.63) is 0 Å². The van der Waals surface area contributed by atoms with Crippen molar-refractivity contribution >= 4 is 21.9 Å². The van der Waals surface area contributed by atoms with Crippen molar-refractivity contribution in [3.63, 3.8) is 0 Å². The van der Waals surface area contributed by atoms with Crippen LogP contribution in [0, 0.1) is 0 Å². The minimum Gasteiger partial charge on any atom is -0.469 e. The number of aromatic nitrogens is 3. The Morgan fingerprint density at radius 3 is 2.84 bits per heavy atom. The first-order chi connectivity index (χ1) is 8.96. The van der Waals surface area contributed by atoms with E-state index in [2.05, 4.69) is 24.6 Å². The summed E-state index contributed by atoms with van der Waals surface area (Å²) in [6, 6.07) is 0.0646. The number of carbonyl (C=O) groups excluding carboxylic acids is 1. The number of methoxy groups -OCH3 is 1. The fraction of sp³-hybridized carbons (Fsp3) is 0.667. The van der Waals surface area contributed by atoms with E-state index >= 15 is 0 Å². The normalized spacial score (nSPS) is 11.1. The number of carbonyl (C=O) groups is 1. The Bertz CT molecular complexity index is 512. The van der Waals surface area contributed by atoms with E-state index in [-0.39, 0.29) is 30.6 Å². The van der Waals surface area contributed by atoms with E-state index in [9.17, 15) is 13.2 Å². The highest BCUT2D eigenvalue weighted by Crippen LogP contribution is 2.08. The van der Waals surface area contributed by atoms with Crippen LogP contribution in [0.25, 0.3) is 0 Å². The fourth-order valence-electron chi connectivity index (χ4n) is 1.19. The number of ether oxygens (including phenoxy) is 2. The largest absolute Gasteiger partial charge is 0.469 e. The first-order valence-corrected chi connectivity index (χ1v) is 7.24. The highest BCUT2D eigenvalue weighted by atomic mass is 32.2. The number of hydrogen-bond donors (Lipinski definition) is 2. The molecule has 1 aromatic rings. The molecule has 0 unspecified atom stereocenters. The van der Waals surface area contributed by atoms with Gasteiger partial charge in [-0.15, -0.1) is 5.10 Å². The highest BCUT2D eigenvalue weighted by molar-refractivity contribution is 7.92. The summed E-state index contributed by atoms with van der Waals surface area (Å²) in [4.78, 5) is 14.6. The Kier molecular flexibility index (Phi) is 5.55. The number of esters is 1. The van der Waals surface area contributed by atoms with Gasteiger partial charge in [-0.25, -0.2) is 13.5 Å². The van der Waals surface area contributed by atoms with E-state index in [1.807, 2.05) is 0 Å². The van der Waals surface area contributed by atoms with Gasteiger partial charge in [0.15, 0.2) is 0 Å². The number of nitrogens with zero attached hydrogens (tertiary/aromatic N) is 2. The molecule has 2 N–H and O–H groups in total. The van der Waals surface area contributed by atoms with Gasteiger partial charge in [0.05, 0.1) is 19.5 Å². The highest BCUT2D eigenvalue weighted by Gasteiger charge is 2.14. The smallest absolute Gasteiger partial charge is 0.337 e. The average Bonchev–Trinajstić information content (AvgIpc) is 2.75. The molecule has 0 fully saturated rings. The van der Waals surface area contributed by atoms with Crippen LogP contribution in [-0.2, 0) is 19.6 Å². The molecule has 0 saturated carbocycles. The second-order valence-electron chi connectivity index (χ2n) is 3.50. The van der Waals surface area contributed by atoms with Gasteiger partial charge in [0.1, 0.15) is 0 Å². The Hall–Kier alpha value is -1.84. The van der Waals surface area contributed by atoms with Crippen LogP contribution in [0.4, 0.5) is 5.95 Å². The molecule has 0 aliphatic rings. The number of H-pyrrole nitrogens is 1. The Balaban J connectivity index is 2.46.